The van der Waals surface area contributed by atoms with Gasteiger partial charge in [0.15, 0.2) is 0 Å². The Labute approximate surface area is 108 Å². The van der Waals surface area contributed by atoms with Crippen LogP contribution in [0.3, 0.4) is 0 Å². The molecule has 0 heterocycles. The fraction of sp³-hybridized carbons (Fsp3) is 0.333. The number of carbonyl (C=O) groups excluding carboxylic acids is 2. The molecule has 0 saturated carbocycles. The molecule has 1 N–H and O–H groups in total. The Balaban J connectivity index is 4.51. The van der Waals surface area contributed by atoms with Crippen LogP contribution in [-0.2, 0) is 9.59 Å². The predicted molar refractivity (Wildman–Crippen MR) is 73.2 cm³/mol. The van der Waals surface area contributed by atoms with Gasteiger partial charge in [-0.3, -0.25) is 4.79 Å². The molecule has 0 aromatic carbocycles. The van der Waals surface area contributed by atoms with Crippen molar-refractivity contribution in [3.05, 3.63) is 47.6 Å². The molecule has 0 bridgehead atoms. The van der Waals surface area contributed by atoms with E-state index in [4.69, 9.17) is 0 Å². The smallest absolute Gasteiger partial charge is 0.146 e. The third-order valence-electron chi connectivity index (χ3n) is 2.00. The molecule has 0 unspecified atom stereocenters. The highest BCUT2D eigenvalue weighted by molar-refractivity contribution is 5.79. The average molecular weight is 248 g/mol. The van der Waals surface area contributed by atoms with E-state index in [1.54, 1.807) is 38.2 Å². The third-order valence-corrected chi connectivity index (χ3v) is 2.00. The van der Waals surface area contributed by atoms with Crippen molar-refractivity contribution in [1.82, 2.24) is 0 Å². The summed E-state index contributed by atoms with van der Waals surface area (Å²) in [4.78, 5) is 20.8. The van der Waals surface area contributed by atoms with E-state index < -0.39 is 5.60 Å². The molecule has 0 fully saturated rings. The van der Waals surface area contributed by atoms with Crippen LogP contribution in [0.15, 0.2) is 47.6 Å². The fourth-order valence-electron chi connectivity index (χ4n) is 1.07. The number of hydrogen-bond acceptors (Lipinski definition) is 3. The van der Waals surface area contributed by atoms with Crippen LogP contribution in [0.5, 0.6) is 0 Å². The summed E-state index contributed by atoms with van der Waals surface area (Å²) < 4.78 is 0. The molecule has 0 aromatic rings. The van der Waals surface area contributed by atoms with E-state index in [-0.39, 0.29) is 6.42 Å². The quantitative estimate of drug-likeness (QED) is 0.428. The van der Waals surface area contributed by atoms with Gasteiger partial charge in [0.25, 0.3) is 0 Å². The lowest BCUT2D eigenvalue weighted by molar-refractivity contribution is -0.109. The van der Waals surface area contributed by atoms with Gasteiger partial charge in [0, 0.05) is 6.42 Å². The summed E-state index contributed by atoms with van der Waals surface area (Å²) in [5, 5.41) is 9.45. The largest absolute Gasteiger partial charge is 0.386 e. The zero-order valence-corrected chi connectivity index (χ0v) is 11.1. The topological polar surface area (TPSA) is 54.4 Å². The Kier molecular flexibility index (Phi) is 7.56. The van der Waals surface area contributed by atoms with Gasteiger partial charge in [-0.15, -0.1) is 0 Å². The van der Waals surface area contributed by atoms with Gasteiger partial charge < -0.3 is 9.90 Å². The lowest BCUT2D eigenvalue weighted by Crippen LogP contribution is -2.13. The van der Waals surface area contributed by atoms with Crippen LogP contribution in [-0.4, -0.2) is 23.3 Å². The van der Waals surface area contributed by atoms with Gasteiger partial charge in [-0.2, -0.15) is 0 Å². The van der Waals surface area contributed by atoms with Gasteiger partial charge in [0.05, 0.1) is 5.60 Å². The van der Waals surface area contributed by atoms with Crippen molar-refractivity contribution in [2.45, 2.75) is 32.8 Å². The van der Waals surface area contributed by atoms with Gasteiger partial charge in [0.2, 0.25) is 0 Å². The summed E-state index contributed by atoms with van der Waals surface area (Å²) in [5.41, 5.74) is 0.596. The van der Waals surface area contributed by atoms with E-state index in [2.05, 4.69) is 0 Å². The molecule has 0 rings (SSSR count). The number of aliphatic hydroxyl groups is 1. The monoisotopic (exact) mass is 248 g/mol. The maximum atomic E-state index is 10.5. The summed E-state index contributed by atoms with van der Waals surface area (Å²) in [6, 6.07) is 0. The summed E-state index contributed by atoms with van der Waals surface area (Å²) in [6.07, 6.45) is 12.0. The van der Waals surface area contributed by atoms with Crippen LogP contribution in [0.2, 0.25) is 0 Å². The van der Waals surface area contributed by atoms with Crippen LogP contribution in [0.25, 0.3) is 0 Å². The van der Waals surface area contributed by atoms with Gasteiger partial charge in [0.1, 0.15) is 12.6 Å². The van der Waals surface area contributed by atoms with E-state index in [9.17, 15) is 14.7 Å². The van der Waals surface area contributed by atoms with Crippen molar-refractivity contribution >= 4 is 12.6 Å². The van der Waals surface area contributed by atoms with Crippen LogP contribution in [0.1, 0.15) is 27.2 Å². The first-order chi connectivity index (χ1) is 8.39. The number of hydrogen-bond donors (Lipinski definition) is 1. The number of rotatable bonds is 7. The van der Waals surface area contributed by atoms with Crippen molar-refractivity contribution in [2.24, 2.45) is 0 Å². The summed E-state index contributed by atoms with van der Waals surface area (Å²) >= 11 is 0. The SMILES string of the molecule is CC(/C=C/C=C(/C=O)CC=O)=C\C=C\C(C)(C)O. The van der Waals surface area contributed by atoms with E-state index in [0.717, 1.165) is 5.57 Å². The van der Waals surface area contributed by atoms with Gasteiger partial charge in [-0.1, -0.05) is 42.0 Å². The van der Waals surface area contributed by atoms with Crippen LogP contribution < -0.4 is 0 Å². The Bertz CT molecular complexity index is 390. The second kappa shape index (κ2) is 8.37. The minimum atomic E-state index is -0.824. The van der Waals surface area contributed by atoms with E-state index in [1.165, 1.54) is 0 Å². The third kappa shape index (κ3) is 9.48. The molecule has 0 amide bonds. The lowest BCUT2D eigenvalue weighted by Gasteiger charge is -2.08. The van der Waals surface area contributed by atoms with Crippen molar-refractivity contribution in [3.8, 4) is 0 Å². The first kappa shape index (κ1) is 16.3. The van der Waals surface area contributed by atoms with E-state index in [1.807, 2.05) is 19.1 Å². The Morgan fingerprint density at radius 3 is 2.33 bits per heavy atom. The highest BCUT2D eigenvalue weighted by Crippen LogP contribution is 2.04. The van der Waals surface area contributed by atoms with Crippen molar-refractivity contribution in [1.29, 1.82) is 0 Å². The normalized spacial score (nSPS) is 14.4. The minimum Gasteiger partial charge on any atom is -0.386 e. The standard InChI is InChI=1S/C15H20O3/c1-13(7-5-10-15(2,3)18)6-4-8-14(12-17)9-11-16/h4-8,10-12,18H,9H2,1-3H3/b6-4+,10-5+,13-7+,14-8+. The second-order valence-corrected chi connectivity index (χ2v) is 4.51. The first-order valence-corrected chi connectivity index (χ1v) is 5.73. The number of aldehydes is 2. The molecular formula is C15H20O3. The second-order valence-electron chi connectivity index (χ2n) is 4.51. The number of carbonyl (C=O) groups is 2. The van der Waals surface area contributed by atoms with Gasteiger partial charge in [-0.25, -0.2) is 0 Å². The molecule has 98 valence electrons. The molecule has 3 nitrogen and oxygen atoms in total. The first-order valence-electron chi connectivity index (χ1n) is 5.73. The van der Waals surface area contributed by atoms with Crippen molar-refractivity contribution in [3.63, 3.8) is 0 Å². The Morgan fingerprint density at radius 1 is 1.17 bits per heavy atom. The summed E-state index contributed by atoms with van der Waals surface area (Å²) in [7, 11) is 0. The zero-order valence-electron chi connectivity index (χ0n) is 11.1. The molecule has 3 heteroatoms. The average Bonchev–Trinajstić information content (AvgIpc) is 2.26. The highest BCUT2D eigenvalue weighted by atomic mass is 16.3. The molecular weight excluding hydrogens is 228 g/mol. The van der Waals surface area contributed by atoms with Crippen LogP contribution in [0, 0.1) is 0 Å². The molecule has 0 aliphatic heterocycles. The Morgan fingerprint density at radius 2 is 1.83 bits per heavy atom. The highest BCUT2D eigenvalue weighted by Gasteiger charge is 2.04. The molecule has 18 heavy (non-hydrogen) atoms. The van der Waals surface area contributed by atoms with Gasteiger partial charge in [-0.05, 0) is 26.3 Å². The fourth-order valence-corrected chi connectivity index (χ4v) is 1.07. The van der Waals surface area contributed by atoms with Gasteiger partial charge >= 0.3 is 0 Å². The molecule has 0 saturated heterocycles. The minimum absolute atomic E-state index is 0.134. The molecule has 0 atom stereocenters. The summed E-state index contributed by atoms with van der Waals surface area (Å²) in [5.74, 6) is 0. The molecule has 0 radical (unpaired) electrons. The van der Waals surface area contributed by atoms with E-state index in [0.29, 0.717) is 18.1 Å². The maximum Gasteiger partial charge on any atom is 0.146 e. The Hall–Kier alpha value is -1.74. The number of allylic oxidation sites excluding steroid dienone is 7. The van der Waals surface area contributed by atoms with Crippen LogP contribution >= 0.6 is 0 Å². The van der Waals surface area contributed by atoms with Crippen molar-refractivity contribution in [2.75, 3.05) is 0 Å². The molecule has 0 spiro atoms. The zero-order chi connectivity index (χ0) is 14.0. The molecule has 0 aliphatic rings. The molecule has 0 aromatic heterocycles. The van der Waals surface area contributed by atoms with E-state index >= 15 is 0 Å². The maximum absolute atomic E-state index is 10.5. The van der Waals surface area contributed by atoms with Crippen LogP contribution in [0.4, 0.5) is 0 Å². The molecule has 0 aliphatic carbocycles. The van der Waals surface area contributed by atoms with Crippen molar-refractivity contribution < 1.29 is 14.7 Å². The summed E-state index contributed by atoms with van der Waals surface area (Å²) in [6.45, 7) is 5.29. The lowest BCUT2D eigenvalue weighted by atomic mass is 10.1. The predicted octanol–water partition coefficient (Wildman–Crippen LogP) is 2.53.